The molecule has 1 N–H and O–H groups in total. The highest BCUT2D eigenvalue weighted by Crippen LogP contribution is 2.17. The van der Waals surface area contributed by atoms with Crippen LogP contribution in [0.3, 0.4) is 0 Å². The van der Waals surface area contributed by atoms with Crippen molar-refractivity contribution in [1.82, 2.24) is 10.2 Å². The molecule has 0 unspecified atom stereocenters. The number of halogens is 1. The average molecular weight is 372 g/mol. The summed E-state index contributed by atoms with van der Waals surface area (Å²) >= 11 is 5.89. The van der Waals surface area contributed by atoms with Crippen LogP contribution in [0.2, 0.25) is 5.02 Å². The second kappa shape index (κ2) is 8.23. The first-order valence-corrected chi connectivity index (χ1v) is 9.04. The zero-order chi connectivity index (χ0) is 18.5. The van der Waals surface area contributed by atoms with Gasteiger partial charge in [0.15, 0.2) is 0 Å². The number of aryl methyl sites for hydroxylation is 1. The second-order valence-electron chi connectivity index (χ2n) is 6.40. The first-order chi connectivity index (χ1) is 12.5. The summed E-state index contributed by atoms with van der Waals surface area (Å²) in [5.41, 5.74) is 2.87. The van der Waals surface area contributed by atoms with Gasteiger partial charge in [0.25, 0.3) is 5.91 Å². The minimum absolute atomic E-state index is 0.00417. The Morgan fingerprint density at radius 3 is 2.46 bits per heavy atom. The summed E-state index contributed by atoms with van der Waals surface area (Å²) in [5.74, 6) is -0.358. The molecule has 1 aliphatic heterocycles. The molecule has 2 aromatic carbocycles. The quantitative estimate of drug-likeness (QED) is 0.899. The largest absolute Gasteiger partial charge is 0.368 e. The number of amides is 2. The van der Waals surface area contributed by atoms with E-state index in [1.54, 1.807) is 29.2 Å². The molecule has 0 atom stereocenters. The smallest absolute Gasteiger partial charge is 0.251 e. The lowest BCUT2D eigenvalue weighted by Gasteiger charge is -2.36. The fraction of sp³-hybridized carbons (Fsp3) is 0.300. The first-order valence-electron chi connectivity index (χ1n) is 8.66. The van der Waals surface area contributed by atoms with Gasteiger partial charge in [-0.1, -0.05) is 29.8 Å². The van der Waals surface area contributed by atoms with Crippen LogP contribution in [0.25, 0.3) is 0 Å². The Hall–Kier alpha value is -2.53. The third-order valence-electron chi connectivity index (χ3n) is 4.49. The molecule has 1 fully saturated rings. The van der Waals surface area contributed by atoms with Crippen LogP contribution in [0.15, 0.2) is 48.5 Å². The lowest BCUT2D eigenvalue weighted by molar-refractivity contribution is -0.130. The van der Waals surface area contributed by atoms with Gasteiger partial charge in [0.2, 0.25) is 5.91 Å². The normalized spacial score (nSPS) is 14.2. The average Bonchev–Trinajstić information content (AvgIpc) is 2.66. The van der Waals surface area contributed by atoms with Gasteiger partial charge in [-0.05, 0) is 42.8 Å². The highest BCUT2D eigenvalue weighted by molar-refractivity contribution is 6.30. The van der Waals surface area contributed by atoms with E-state index < -0.39 is 0 Å². The molecule has 6 heteroatoms. The minimum Gasteiger partial charge on any atom is -0.368 e. The molecule has 26 heavy (non-hydrogen) atoms. The number of hydrogen-bond acceptors (Lipinski definition) is 3. The van der Waals surface area contributed by atoms with E-state index in [0.29, 0.717) is 23.7 Å². The Morgan fingerprint density at radius 2 is 1.77 bits per heavy atom. The molecule has 2 aromatic rings. The summed E-state index contributed by atoms with van der Waals surface area (Å²) in [6, 6.07) is 15.0. The van der Waals surface area contributed by atoms with Crippen molar-refractivity contribution in [2.24, 2.45) is 0 Å². The van der Waals surface area contributed by atoms with Crippen LogP contribution < -0.4 is 10.2 Å². The molecule has 0 aromatic heterocycles. The summed E-state index contributed by atoms with van der Waals surface area (Å²) in [6.07, 6.45) is 0. The van der Waals surface area contributed by atoms with E-state index in [1.165, 1.54) is 11.3 Å². The predicted octanol–water partition coefficient (Wildman–Crippen LogP) is 2.73. The van der Waals surface area contributed by atoms with Crippen LogP contribution in [0.1, 0.15) is 15.9 Å². The van der Waals surface area contributed by atoms with E-state index >= 15 is 0 Å². The second-order valence-corrected chi connectivity index (χ2v) is 6.84. The van der Waals surface area contributed by atoms with Crippen LogP contribution >= 0.6 is 11.6 Å². The molecule has 5 nitrogen and oxygen atoms in total. The van der Waals surface area contributed by atoms with Gasteiger partial charge < -0.3 is 15.1 Å². The topological polar surface area (TPSA) is 52.6 Å². The lowest BCUT2D eigenvalue weighted by atomic mass is 10.2. The van der Waals surface area contributed by atoms with E-state index in [-0.39, 0.29) is 18.4 Å². The molecular weight excluding hydrogens is 350 g/mol. The number of hydrogen-bond donors (Lipinski definition) is 1. The lowest BCUT2D eigenvalue weighted by Crippen LogP contribution is -2.51. The van der Waals surface area contributed by atoms with E-state index in [1.807, 2.05) is 6.07 Å². The fourth-order valence-electron chi connectivity index (χ4n) is 3.04. The number of carbonyl (C=O) groups is 2. The zero-order valence-electron chi connectivity index (χ0n) is 14.7. The number of nitrogens with one attached hydrogen (secondary N) is 1. The fourth-order valence-corrected chi connectivity index (χ4v) is 3.23. The van der Waals surface area contributed by atoms with Gasteiger partial charge in [-0.15, -0.1) is 0 Å². The monoisotopic (exact) mass is 371 g/mol. The molecular formula is C20H22ClN3O2. The van der Waals surface area contributed by atoms with Crippen molar-refractivity contribution in [3.63, 3.8) is 0 Å². The van der Waals surface area contributed by atoms with Gasteiger partial charge in [0.1, 0.15) is 0 Å². The summed E-state index contributed by atoms with van der Waals surface area (Å²) in [4.78, 5) is 28.5. The van der Waals surface area contributed by atoms with Crippen LogP contribution in [0.4, 0.5) is 5.69 Å². The highest BCUT2D eigenvalue weighted by Gasteiger charge is 2.21. The van der Waals surface area contributed by atoms with Crippen molar-refractivity contribution in [1.29, 1.82) is 0 Å². The molecule has 1 saturated heterocycles. The molecule has 136 valence electrons. The molecule has 0 bridgehead atoms. The summed E-state index contributed by atoms with van der Waals surface area (Å²) < 4.78 is 0. The minimum atomic E-state index is -0.292. The maximum absolute atomic E-state index is 12.4. The number of anilines is 1. The van der Waals surface area contributed by atoms with E-state index in [2.05, 4.69) is 35.3 Å². The van der Waals surface area contributed by atoms with Crippen molar-refractivity contribution >= 4 is 29.1 Å². The Balaban J connectivity index is 1.48. The molecule has 1 heterocycles. The molecule has 0 radical (unpaired) electrons. The Labute approximate surface area is 158 Å². The maximum Gasteiger partial charge on any atom is 0.251 e. The molecule has 2 amide bonds. The molecule has 1 aliphatic rings. The SMILES string of the molecule is Cc1cccc(N2CCN(C(=O)CNC(=O)c3cccc(Cl)c3)CC2)c1. The van der Waals surface area contributed by atoms with Gasteiger partial charge in [-0.2, -0.15) is 0 Å². The molecule has 3 rings (SSSR count). The van der Waals surface area contributed by atoms with Gasteiger partial charge >= 0.3 is 0 Å². The predicted molar refractivity (Wildman–Crippen MR) is 104 cm³/mol. The van der Waals surface area contributed by atoms with Gasteiger partial charge in [-0.3, -0.25) is 9.59 Å². The summed E-state index contributed by atoms with van der Waals surface area (Å²) in [6.45, 7) is 4.95. The standard InChI is InChI=1S/C20H22ClN3O2/c1-15-4-2-7-18(12-15)23-8-10-24(11-9-23)19(25)14-22-20(26)16-5-3-6-17(21)13-16/h2-7,12-13H,8-11,14H2,1H3,(H,22,26). The number of benzene rings is 2. The number of carbonyl (C=O) groups excluding carboxylic acids is 2. The van der Waals surface area contributed by atoms with Gasteiger partial charge in [0, 0.05) is 42.5 Å². The Kier molecular flexibility index (Phi) is 5.78. The van der Waals surface area contributed by atoms with Crippen molar-refractivity contribution in [2.45, 2.75) is 6.92 Å². The van der Waals surface area contributed by atoms with E-state index in [0.717, 1.165) is 13.1 Å². The maximum atomic E-state index is 12.4. The van der Waals surface area contributed by atoms with Gasteiger partial charge in [0.05, 0.1) is 6.54 Å². The third kappa shape index (κ3) is 4.55. The number of piperazine rings is 1. The molecule has 0 spiro atoms. The number of rotatable bonds is 4. The van der Waals surface area contributed by atoms with Crippen LogP contribution in [0.5, 0.6) is 0 Å². The first kappa shape index (κ1) is 18.3. The van der Waals surface area contributed by atoms with Crippen molar-refractivity contribution in [3.05, 3.63) is 64.7 Å². The van der Waals surface area contributed by atoms with E-state index in [4.69, 9.17) is 11.6 Å². The van der Waals surface area contributed by atoms with Crippen molar-refractivity contribution < 1.29 is 9.59 Å². The Morgan fingerprint density at radius 1 is 1.04 bits per heavy atom. The molecule has 0 aliphatic carbocycles. The van der Waals surface area contributed by atoms with Gasteiger partial charge in [-0.25, -0.2) is 0 Å². The summed E-state index contributed by atoms with van der Waals surface area (Å²) in [7, 11) is 0. The van der Waals surface area contributed by atoms with Crippen LogP contribution in [-0.4, -0.2) is 49.4 Å². The van der Waals surface area contributed by atoms with Crippen molar-refractivity contribution in [2.75, 3.05) is 37.6 Å². The van der Waals surface area contributed by atoms with Crippen LogP contribution in [0, 0.1) is 6.92 Å². The molecule has 0 saturated carbocycles. The third-order valence-corrected chi connectivity index (χ3v) is 4.72. The van der Waals surface area contributed by atoms with Crippen LogP contribution in [-0.2, 0) is 4.79 Å². The highest BCUT2D eigenvalue weighted by atomic mass is 35.5. The van der Waals surface area contributed by atoms with E-state index in [9.17, 15) is 9.59 Å². The van der Waals surface area contributed by atoms with Crippen molar-refractivity contribution in [3.8, 4) is 0 Å². The number of nitrogens with zero attached hydrogens (tertiary/aromatic N) is 2. The Bertz CT molecular complexity index is 801. The zero-order valence-corrected chi connectivity index (χ0v) is 15.5. The summed E-state index contributed by atoms with van der Waals surface area (Å²) in [5, 5.41) is 3.17.